The Hall–Kier alpha value is -2.58. The topological polar surface area (TPSA) is 51.2 Å². The van der Waals surface area contributed by atoms with Crippen LogP contribution in [0, 0.1) is 0 Å². The van der Waals surface area contributed by atoms with Gasteiger partial charge in [0.25, 0.3) is 5.91 Å². The number of aromatic nitrogens is 1. The van der Waals surface area contributed by atoms with Crippen molar-refractivity contribution in [3.63, 3.8) is 0 Å². The van der Waals surface area contributed by atoms with Crippen LogP contribution in [0.5, 0.6) is 5.75 Å². The van der Waals surface area contributed by atoms with Gasteiger partial charge in [-0.1, -0.05) is 11.6 Å². The number of nitrogens with zero attached hydrogens (tertiary/aromatic N) is 1. The number of benzene rings is 2. The van der Waals surface area contributed by atoms with Crippen molar-refractivity contribution in [1.82, 2.24) is 4.98 Å². The minimum atomic E-state index is -4.74. The summed E-state index contributed by atoms with van der Waals surface area (Å²) < 4.78 is 41.1. The molecule has 2 aromatic carbocycles. The summed E-state index contributed by atoms with van der Waals surface area (Å²) in [6.07, 6.45) is -3.36. The molecule has 4 nitrogen and oxygen atoms in total. The molecule has 0 aliphatic carbocycles. The van der Waals surface area contributed by atoms with Crippen molar-refractivity contribution < 1.29 is 22.7 Å². The van der Waals surface area contributed by atoms with Crippen molar-refractivity contribution in [1.29, 1.82) is 0 Å². The maximum atomic E-state index is 12.3. The van der Waals surface area contributed by atoms with Crippen LogP contribution < -0.4 is 10.1 Å². The lowest BCUT2D eigenvalue weighted by Gasteiger charge is -2.09. The van der Waals surface area contributed by atoms with Crippen LogP contribution in [-0.2, 0) is 0 Å². The molecule has 3 rings (SSSR count). The van der Waals surface area contributed by atoms with E-state index in [1.54, 1.807) is 30.3 Å². The fraction of sp³-hybridized carbons (Fsp3) is 0.0526. The molecule has 0 aliphatic rings. The summed E-state index contributed by atoms with van der Waals surface area (Å²) in [5.74, 6) is -0.688. The molecule has 0 radical (unpaired) electrons. The van der Waals surface area contributed by atoms with Crippen LogP contribution in [0.25, 0.3) is 11.3 Å². The molecule has 0 saturated carbocycles. The van der Waals surface area contributed by atoms with E-state index in [0.29, 0.717) is 32.0 Å². The molecule has 0 bridgehead atoms. The van der Waals surface area contributed by atoms with Crippen LogP contribution in [0.2, 0.25) is 5.02 Å². The number of ether oxygens (including phenoxy) is 1. The molecule has 0 atom stereocenters. The van der Waals surface area contributed by atoms with Gasteiger partial charge in [0, 0.05) is 21.9 Å². The lowest BCUT2D eigenvalue weighted by Crippen LogP contribution is -2.16. The van der Waals surface area contributed by atoms with Gasteiger partial charge in [0.05, 0.1) is 16.3 Å². The molecular formula is C19H11BrClF3N2O2. The van der Waals surface area contributed by atoms with Gasteiger partial charge in [-0.15, -0.1) is 13.2 Å². The predicted octanol–water partition coefficient (Wildman–Crippen LogP) is 6.32. The number of nitrogens with one attached hydrogen (secondary N) is 1. The Morgan fingerprint density at radius 2 is 1.79 bits per heavy atom. The first-order chi connectivity index (χ1) is 13.2. The highest BCUT2D eigenvalue weighted by molar-refractivity contribution is 9.10. The summed E-state index contributed by atoms with van der Waals surface area (Å²) in [5, 5.41) is 3.17. The summed E-state index contributed by atoms with van der Waals surface area (Å²) in [4.78, 5) is 16.5. The summed E-state index contributed by atoms with van der Waals surface area (Å²) >= 11 is 9.27. The van der Waals surface area contributed by atoms with E-state index in [9.17, 15) is 18.0 Å². The Morgan fingerprint density at radius 3 is 2.36 bits per heavy atom. The minimum Gasteiger partial charge on any atom is -0.406 e. The molecule has 0 aliphatic heterocycles. The Kier molecular flexibility index (Phi) is 5.90. The molecule has 0 unspecified atom stereocenters. The lowest BCUT2D eigenvalue weighted by molar-refractivity contribution is -0.274. The third-order valence-electron chi connectivity index (χ3n) is 3.59. The molecule has 1 amide bonds. The standard InChI is InChI=1S/C19H11BrClF3N2O2/c20-15-7-4-13(9-16(15)21)26-18(27)12-3-8-17(25-10-12)11-1-5-14(6-2-11)28-19(22,23)24/h1-10H,(H,26,27). The van der Waals surface area contributed by atoms with Gasteiger partial charge in [-0.2, -0.15) is 0 Å². The summed E-state index contributed by atoms with van der Waals surface area (Å²) in [6.45, 7) is 0. The fourth-order valence-electron chi connectivity index (χ4n) is 2.30. The first-order valence-corrected chi connectivity index (χ1v) is 8.97. The molecule has 0 fully saturated rings. The van der Waals surface area contributed by atoms with E-state index < -0.39 is 6.36 Å². The maximum Gasteiger partial charge on any atom is 0.573 e. The second kappa shape index (κ2) is 8.20. The largest absolute Gasteiger partial charge is 0.573 e. The van der Waals surface area contributed by atoms with Gasteiger partial charge in [0.2, 0.25) is 0 Å². The van der Waals surface area contributed by atoms with E-state index in [0.717, 1.165) is 0 Å². The molecular weight excluding hydrogens is 461 g/mol. The molecule has 1 aromatic heterocycles. The van der Waals surface area contributed by atoms with E-state index in [1.807, 2.05) is 0 Å². The number of hydrogen-bond acceptors (Lipinski definition) is 3. The van der Waals surface area contributed by atoms with Gasteiger partial charge in [0.1, 0.15) is 5.75 Å². The zero-order valence-electron chi connectivity index (χ0n) is 13.9. The number of rotatable bonds is 4. The van der Waals surface area contributed by atoms with E-state index >= 15 is 0 Å². The quantitative estimate of drug-likeness (QED) is 0.485. The van der Waals surface area contributed by atoms with Gasteiger partial charge >= 0.3 is 6.36 Å². The van der Waals surface area contributed by atoms with Crippen molar-refractivity contribution in [3.05, 3.63) is 75.9 Å². The van der Waals surface area contributed by atoms with Crippen molar-refractivity contribution in [2.45, 2.75) is 6.36 Å². The number of carbonyl (C=O) groups is 1. The summed E-state index contributed by atoms with van der Waals surface area (Å²) in [6, 6.07) is 13.5. The molecule has 28 heavy (non-hydrogen) atoms. The number of carbonyl (C=O) groups excluding carboxylic acids is 1. The number of anilines is 1. The predicted molar refractivity (Wildman–Crippen MR) is 103 cm³/mol. The molecule has 1 heterocycles. The van der Waals surface area contributed by atoms with Crippen LogP contribution >= 0.6 is 27.5 Å². The highest BCUT2D eigenvalue weighted by atomic mass is 79.9. The van der Waals surface area contributed by atoms with Gasteiger partial charge < -0.3 is 10.1 Å². The van der Waals surface area contributed by atoms with E-state index in [4.69, 9.17) is 11.6 Å². The minimum absolute atomic E-state index is 0.319. The van der Waals surface area contributed by atoms with Crippen molar-refractivity contribution in [2.75, 3.05) is 5.32 Å². The number of halogens is 5. The molecule has 0 saturated heterocycles. The van der Waals surface area contributed by atoms with Crippen LogP contribution in [0.15, 0.2) is 65.3 Å². The zero-order valence-corrected chi connectivity index (χ0v) is 16.3. The number of alkyl halides is 3. The van der Waals surface area contributed by atoms with Crippen LogP contribution in [0.1, 0.15) is 10.4 Å². The van der Waals surface area contributed by atoms with Crippen LogP contribution in [-0.4, -0.2) is 17.3 Å². The van der Waals surface area contributed by atoms with Crippen LogP contribution in [0.4, 0.5) is 18.9 Å². The molecule has 0 spiro atoms. The molecule has 144 valence electrons. The van der Waals surface area contributed by atoms with E-state index in [2.05, 4.69) is 31.0 Å². The maximum absolute atomic E-state index is 12.3. The van der Waals surface area contributed by atoms with Gasteiger partial charge in [-0.3, -0.25) is 9.78 Å². The van der Waals surface area contributed by atoms with Crippen molar-refractivity contribution in [3.8, 4) is 17.0 Å². The Morgan fingerprint density at radius 1 is 1.07 bits per heavy atom. The average Bonchev–Trinajstić information content (AvgIpc) is 2.64. The fourth-order valence-corrected chi connectivity index (χ4v) is 2.73. The molecule has 1 N–H and O–H groups in total. The van der Waals surface area contributed by atoms with Gasteiger partial charge in [0.15, 0.2) is 0 Å². The number of amides is 1. The van der Waals surface area contributed by atoms with Crippen molar-refractivity contribution in [2.24, 2.45) is 0 Å². The normalized spacial score (nSPS) is 11.2. The van der Waals surface area contributed by atoms with Crippen LogP contribution in [0.3, 0.4) is 0 Å². The summed E-state index contributed by atoms with van der Waals surface area (Å²) in [7, 11) is 0. The first kappa shape index (κ1) is 20.2. The SMILES string of the molecule is O=C(Nc1ccc(Br)c(Cl)c1)c1ccc(-c2ccc(OC(F)(F)F)cc2)nc1. The second-order valence-corrected chi connectivity index (χ2v) is 6.85. The highest BCUT2D eigenvalue weighted by Crippen LogP contribution is 2.27. The third-order valence-corrected chi connectivity index (χ3v) is 4.82. The first-order valence-electron chi connectivity index (χ1n) is 7.80. The monoisotopic (exact) mass is 470 g/mol. The highest BCUT2D eigenvalue weighted by Gasteiger charge is 2.30. The van der Waals surface area contributed by atoms with Gasteiger partial charge in [-0.05, 0) is 70.5 Å². The second-order valence-electron chi connectivity index (χ2n) is 5.59. The Labute approximate surface area is 171 Å². The molecule has 9 heteroatoms. The molecule has 3 aromatic rings. The summed E-state index contributed by atoms with van der Waals surface area (Å²) in [5.41, 5.74) is 1.94. The smallest absolute Gasteiger partial charge is 0.406 e. The lowest BCUT2D eigenvalue weighted by atomic mass is 10.1. The third kappa shape index (κ3) is 5.24. The average molecular weight is 472 g/mol. The van der Waals surface area contributed by atoms with E-state index in [1.165, 1.54) is 30.5 Å². The zero-order chi connectivity index (χ0) is 20.3. The number of hydrogen-bond donors (Lipinski definition) is 1. The van der Waals surface area contributed by atoms with E-state index in [-0.39, 0.29) is 11.7 Å². The Balaban J connectivity index is 1.70. The Bertz CT molecular complexity index is 994. The number of pyridine rings is 1. The van der Waals surface area contributed by atoms with Gasteiger partial charge in [-0.25, -0.2) is 0 Å². The van der Waals surface area contributed by atoms with Crippen molar-refractivity contribution >= 4 is 39.1 Å².